The Balaban J connectivity index is 1.98. The molecule has 0 aliphatic carbocycles. The summed E-state index contributed by atoms with van der Waals surface area (Å²) < 4.78 is 0. The molecule has 0 saturated carbocycles. The zero-order chi connectivity index (χ0) is 14.0. The third-order valence-corrected chi connectivity index (χ3v) is 3.32. The molecule has 1 aromatic rings. The molecule has 1 saturated heterocycles. The van der Waals surface area contributed by atoms with E-state index in [4.69, 9.17) is 0 Å². The Bertz CT molecular complexity index is 482. The van der Waals surface area contributed by atoms with Gasteiger partial charge in [-0.3, -0.25) is 9.59 Å². The third kappa shape index (κ3) is 3.10. The highest BCUT2D eigenvalue weighted by molar-refractivity contribution is 5.96. The van der Waals surface area contributed by atoms with Gasteiger partial charge in [-0.1, -0.05) is 6.07 Å². The third-order valence-electron chi connectivity index (χ3n) is 3.32. The Hall–Kier alpha value is -1.91. The van der Waals surface area contributed by atoms with E-state index in [1.54, 1.807) is 17.2 Å². The number of likely N-dealkylation sites (tertiary alicyclic amines) is 1. The van der Waals surface area contributed by atoms with Crippen molar-refractivity contribution in [3.63, 3.8) is 0 Å². The number of aryl methyl sites for hydroxylation is 1. The summed E-state index contributed by atoms with van der Waals surface area (Å²) in [7, 11) is 0. The van der Waals surface area contributed by atoms with Gasteiger partial charge in [-0.15, -0.1) is 0 Å². The number of nitrogens with zero attached hydrogens (tertiary/aromatic N) is 2. The van der Waals surface area contributed by atoms with Crippen molar-refractivity contribution in [1.82, 2.24) is 9.88 Å². The molecule has 0 radical (unpaired) electrons. The standard InChI is InChI=1S/C14H19N3O2/c1-9(2)17-8-11(6-13(17)18)14(19)16-12-5-4-10(3)7-15-12/h4-5,7,9,11H,6,8H2,1-3H3,(H,15,16,19). The predicted molar refractivity (Wildman–Crippen MR) is 72.6 cm³/mol. The number of anilines is 1. The zero-order valence-electron chi connectivity index (χ0n) is 11.5. The fourth-order valence-electron chi connectivity index (χ4n) is 2.18. The van der Waals surface area contributed by atoms with E-state index in [9.17, 15) is 9.59 Å². The van der Waals surface area contributed by atoms with Gasteiger partial charge in [0.1, 0.15) is 5.82 Å². The average Bonchev–Trinajstić information content (AvgIpc) is 2.74. The van der Waals surface area contributed by atoms with Gasteiger partial charge in [-0.05, 0) is 32.4 Å². The first kappa shape index (κ1) is 13.5. The van der Waals surface area contributed by atoms with Crippen LogP contribution < -0.4 is 5.32 Å². The van der Waals surface area contributed by atoms with Crippen molar-refractivity contribution in [2.75, 3.05) is 11.9 Å². The lowest BCUT2D eigenvalue weighted by molar-refractivity contribution is -0.129. The minimum absolute atomic E-state index is 0.0482. The topological polar surface area (TPSA) is 62.3 Å². The number of carbonyl (C=O) groups is 2. The second-order valence-electron chi connectivity index (χ2n) is 5.25. The van der Waals surface area contributed by atoms with Crippen molar-refractivity contribution in [3.8, 4) is 0 Å². The first-order valence-corrected chi connectivity index (χ1v) is 6.50. The summed E-state index contributed by atoms with van der Waals surface area (Å²) in [5, 5.41) is 2.76. The highest BCUT2D eigenvalue weighted by Gasteiger charge is 2.35. The molecule has 0 aromatic carbocycles. The van der Waals surface area contributed by atoms with Gasteiger partial charge < -0.3 is 10.2 Å². The summed E-state index contributed by atoms with van der Waals surface area (Å²) >= 11 is 0. The monoisotopic (exact) mass is 261 g/mol. The first-order valence-electron chi connectivity index (χ1n) is 6.50. The van der Waals surface area contributed by atoms with Crippen LogP contribution in [0.4, 0.5) is 5.82 Å². The molecule has 1 fully saturated rings. The van der Waals surface area contributed by atoms with Crippen LogP contribution in [-0.2, 0) is 9.59 Å². The lowest BCUT2D eigenvalue weighted by Gasteiger charge is -2.20. The molecule has 0 bridgehead atoms. The summed E-state index contributed by atoms with van der Waals surface area (Å²) in [6.07, 6.45) is 1.99. The minimum Gasteiger partial charge on any atom is -0.339 e. The smallest absolute Gasteiger partial charge is 0.230 e. The van der Waals surface area contributed by atoms with E-state index in [0.717, 1.165) is 5.56 Å². The number of nitrogens with one attached hydrogen (secondary N) is 1. The molecule has 2 amide bonds. The van der Waals surface area contributed by atoms with E-state index in [2.05, 4.69) is 10.3 Å². The SMILES string of the molecule is Cc1ccc(NC(=O)C2CC(=O)N(C(C)C)C2)nc1. The maximum atomic E-state index is 12.1. The van der Waals surface area contributed by atoms with Crippen molar-refractivity contribution < 1.29 is 9.59 Å². The molecule has 1 aliphatic heterocycles. The number of pyridine rings is 1. The van der Waals surface area contributed by atoms with E-state index < -0.39 is 0 Å². The Morgan fingerprint density at radius 2 is 2.21 bits per heavy atom. The van der Waals surface area contributed by atoms with E-state index in [-0.39, 0.29) is 30.2 Å². The molecular weight excluding hydrogens is 242 g/mol. The molecular formula is C14H19N3O2. The van der Waals surface area contributed by atoms with Crippen molar-refractivity contribution in [2.45, 2.75) is 33.2 Å². The van der Waals surface area contributed by atoms with Crippen LogP contribution in [0.2, 0.25) is 0 Å². The second kappa shape index (κ2) is 5.38. The van der Waals surface area contributed by atoms with Gasteiger partial charge in [0, 0.05) is 25.2 Å². The van der Waals surface area contributed by atoms with E-state index in [1.165, 1.54) is 0 Å². The number of rotatable bonds is 3. The Morgan fingerprint density at radius 3 is 2.74 bits per heavy atom. The number of hydrogen-bond donors (Lipinski definition) is 1. The fraction of sp³-hybridized carbons (Fsp3) is 0.500. The molecule has 1 aromatic heterocycles. The lowest BCUT2D eigenvalue weighted by atomic mass is 10.1. The van der Waals surface area contributed by atoms with Gasteiger partial charge in [0.05, 0.1) is 5.92 Å². The van der Waals surface area contributed by atoms with Crippen molar-refractivity contribution in [1.29, 1.82) is 0 Å². The fourth-order valence-corrected chi connectivity index (χ4v) is 2.18. The van der Waals surface area contributed by atoms with Crippen LogP contribution in [-0.4, -0.2) is 34.3 Å². The predicted octanol–water partition coefficient (Wildman–Crippen LogP) is 1.59. The molecule has 1 aliphatic rings. The maximum absolute atomic E-state index is 12.1. The van der Waals surface area contributed by atoms with Crippen LogP contribution >= 0.6 is 0 Å². The molecule has 1 unspecified atom stereocenters. The first-order chi connectivity index (χ1) is 8.97. The van der Waals surface area contributed by atoms with Gasteiger partial charge in [0.2, 0.25) is 11.8 Å². The quantitative estimate of drug-likeness (QED) is 0.898. The number of amides is 2. The summed E-state index contributed by atoms with van der Waals surface area (Å²) in [4.78, 5) is 29.7. The van der Waals surface area contributed by atoms with Crippen LogP contribution in [0.1, 0.15) is 25.8 Å². The summed E-state index contributed by atoms with van der Waals surface area (Å²) in [6.45, 7) is 6.35. The molecule has 0 spiro atoms. The Labute approximate surface area is 113 Å². The molecule has 2 heterocycles. The minimum atomic E-state index is -0.280. The molecule has 1 atom stereocenters. The molecule has 102 valence electrons. The van der Waals surface area contributed by atoms with Crippen LogP contribution in [0.5, 0.6) is 0 Å². The van der Waals surface area contributed by atoms with Crippen molar-refractivity contribution in [3.05, 3.63) is 23.9 Å². The van der Waals surface area contributed by atoms with E-state index in [0.29, 0.717) is 12.4 Å². The number of carbonyl (C=O) groups excluding carboxylic acids is 2. The maximum Gasteiger partial charge on any atom is 0.230 e. The number of aromatic nitrogens is 1. The largest absolute Gasteiger partial charge is 0.339 e. The van der Waals surface area contributed by atoms with Gasteiger partial charge in [-0.25, -0.2) is 4.98 Å². The highest BCUT2D eigenvalue weighted by atomic mass is 16.2. The highest BCUT2D eigenvalue weighted by Crippen LogP contribution is 2.21. The molecule has 1 N–H and O–H groups in total. The van der Waals surface area contributed by atoms with Crippen LogP contribution in [0.25, 0.3) is 0 Å². The summed E-state index contributed by atoms with van der Waals surface area (Å²) in [6, 6.07) is 3.80. The lowest BCUT2D eigenvalue weighted by Crippen LogP contribution is -2.33. The summed E-state index contributed by atoms with van der Waals surface area (Å²) in [5.74, 6) is 0.170. The van der Waals surface area contributed by atoms with Gasteiger partial charge in [0.25, 0.3) is 0 Å². The van der Waals surface area contributed by atoms with E-state index >= 15 is 0 Å². The van der Waals surface area contributed by atoms with E-state index in [1.807, 2.05) is 26.8 Å². The Kier molecular flexibility index (Phi) is 3.83. The van der Waals surface area contributed by atoms with Crippen molar-refractivity contribution in [2.24, 2.45) is 5.92 Å². The van der Waals surface area contributed by atoms with Crippen LogP contribution in [0.3, 0.4) is 0 Å². The van der Waals surface area contributed by atoms with Crippen LogP contribution in [0, 0.1) is 12.8 Å². The van der Waals surface area contributed by atoms with Gasteiger partial charge >= 0.3 is 0 Å². The summed E-state index contributed by atoms with van der Waals surface area (Å²) in [5.41, 5.74) is 1.04. The van der Waals surface area contributed by atoms with Crippen molar-refractivity contribution >= 4 is 17.6 Å². The Morgan fingerprint density at radius 1 is 1.47 bits per heavy atom. The molecule has 19 heavy (non-hydrogen) atoms. The number of hydrogen-bond acceptors (Lipinski definition) is 3. The molecule has 2 rings (SSSR count). The van der Waals surface area contributed by atoms with Gasteiger partial charge in [-0.2, -0.15) is 0 Å². The molecule has 5 heteroatoms. The normalized spacial score (nSPS) is 19.1. The second-order valence-corrected chi connectivity index (χ2v) is 5.25. The zero-order valence-corrected chi connectivity index (χ0v) is 11.5. The van der Waals surface area contributed by atoms with Crippen LogP contribution in [0.15, 0.2) is 18.3 Å². The average molecular weight is 261 g/mol. The van der Waals surface area contributed by atoms with Gasteiger partial charge in [0.15, 0.2) is 0 Å². The molecule has 5 nitrogen and oxygen atoms in total.